The maximum absolute atomic E-state index is 5.01. The number of aromatic nitrogens is 1. The van der Waals surface area contributed by atoms with E-state index in [-0.39, 0.29) is 21.1 Å². The minimum Gasteiger partial charge on any atom is -0.293 e. The van der Waals surface area contributed by atoms with E-state index < -0.39 is 0 Å². The summed E-state index contributed by atoms with van der Waals surface area (Å²) in [7, 11) is 0. The van der Waals surface area contributed by atoms with Gasteiger partial charge in [0.1, 0.15) is 0 Å². The number of rotatable bonds is 3. The van der Waals surface area contributed by atoms with Crippen LogP contribution in [0.2, 0.25) is 0 Å². The van der Waals surface area contributed by atoms with Crippen molar-refractivity contribution in [3.05, 3.63) is 121 Å². The van der Waals surface area contributed by atoms with Crippen molar-refractivity contribution in [3.8, 4) is 11.3 Å². The first-order valence-electron chi connectivity index (χ1n) is 10.6. The van der Waals surface area contributed by atoms with E-state index in [1.54, 1.807) is 0 Å². The van der Waals surface area contributed by atoms with Gasteiger partial charge in [0.05, 0.1) is 11.2 Å². The van der Waals surface area contributed by atoms with Crippen molar-refractivity contribution in [2.24, 2.45) is 4.99 Å². The number of pyridine rings is 1. The zero-order valence-corrected chi connectivity index (χ0v) is 19.9. The summed E-state index contributed by atoms with van der Waals surface area (Å²) in [6.45, 7) is 0. The number of para-hydroxylation sites is 1. The van der Waals surface area contributed by atoms with Gasteiger partial charge in [-0.1, -0.05) is 65.5 Å². The molecule has 0 aliphatic rings. The zero-order chi connectivity index (χ0) is 21.3. The van der Waals surface area contributed by atoms with Gasteiger partial charge in [-0.3, -0.25) is 9.98 Å². The van der Waals surface area contributed by atoms with E-state index in [9.17, 15) is 0 Å². The summed E-state index contributed by atoms with van der Waals surface area (Å²) in [4.78, 5) is 9.80. The molecule has 33 heavy (non-hydrogen) atoms. The van der Waals surface area contributed by atoms with Crippen molar-refractivity contribution >= 4 is 44.3 Å². The van der Waals surface area contributed by atoms with E-state index in [0.29, 0.717) is 0 Å². The number of fused-ring (bicyclic) bond motifs is 3. The number of aliphatic imine (C=N–C) groups is 1. The van der Waals surface area contributed by atoms with E-state index >= 15 is 0 Å². The second-order valence-corrected chi connectivity index (χ2v) is 7.74. The fourth-order valence-electron chi connectivity index (χ4n) is 4.10. The Balaban J connectivity index is 0.00000228. The van der Waals surface area contributed by atoms with Crippen molar-refractivity contribution in [1.82, 2.24) is 4.98 Å². The first-order chi connectivity index (χ1) is 15.8. The topological polar surface area (TPSA) is 25.2 Å². The molecule has 0 spiro atoms. The number of nitrogens with zero attached hydrogens (tertiary/aromatic N) is 2. The first kappa shape index (κ1) is 21.2. The molecule has 2 nitrogen and oxygen atoms in total. The van der Waals surface area contributed by atoms with E-state index in [0.717, 1.165) is 49.6 Å². The van der Waals surface area contributed by atoms with Crippen molar-refractivity contribution in [1.29, 1.82) is 0 Å². The minimum absolute atomic E-state index is 0. The number of hydrogen-bond acceptors (Lipinski definition) is 2. The Hall–Kier alpha value is -3.61. The molecule has 0 atom stereocenters. The Kier molecular flexibility index (Phi) is 5.86. The molecule has 1 heterocycles. The van der Waals surface area contributed by atoms with Crippen LogP contribution in [-0.2, 0) is 21.1 Å². The summed E-state index contributed by atoms with van der Waals surface area (Å²) in [6.07, 6.45) is 1.86. The molecule has 0 aliphatic carbocycles. The molecule has 6 aromatic rings. The molecule has 0 aliphatic heterocycles. The third-order valence-electron chi connectivity index (χ3n) is 5.70. The third-order valence-corrected chi connectivity index (χ3v) is 5.70. The van der Waals surface area contributed by atoms with Crippen LogP contribution in [0.5, 0.6) is 0 Å². The summed E-state index contributed by atoms with van der Waals surface area (Å²) in [6, 6.07) is 41.8. The molecule has 0 unspecified atom stereocenters. The molecule has 5 aromatic carbocycles. The quantitative estimate of drug-likeness (QED) is 0.152. The van der Waals surface area contributed by atoms with Crippen LogP contribution in [0.15, 0.2) is 108 Å². The van der Waals surface area contributed by atoms with Crippen LogP contribution in [0, 0.1) is 12.1 Å². The normalized spacial score (nSPS) is 11.3. The Morgan fingerprint density at radius 3 is 2.45 bits per heavy atom. The van der Waals surface area contributed by atoms with E-state index in [2.05, 4.69) is 72.8 Å². The van der Waals surface area contributed by atoms with Gasteiger partial charge in [0, 0.05) is 11.1 Å². The van der Waals surface area contributed by atoms with Gasteiger partial charge in [0.25, 0.3) is 0 Å². The van der Waals surface area contributed by atoms with E-state index in [1.807, 2.05) is 48.7 Å². The predicted octanol–water partition coefficient (Wildman–Crippen LogP) is 7.56. The van der Waals surface area contributed by atoms with Gasteiger partial charge < -0.3 is 0 Å². The fraction of sp³-hybridized carbons (Fsp3) is 0. The van der Waals surface area contributed by atoms with Crippen LogP contribution >= 0.6 is 0 Å². The molecule has 0 bridgehead atoms. The smallest absolute Gasteiger partial charge is 0.293 e. The van der Waals surface area contributed by atoms with Crippen molar-refractivity contribution in [2.45, 2.75) is 0 Å². The molecule has 158 valence electrons. The van der Waals surface area contributed by atoms with Gasteiger partial charge >= 0.3 is 21.1 Å². The zero-order valence-electron chi connectivity index (χ0n) is 17.6. The minimum atomic E-state index is 0. The molecule has 0 fully saturated rings. The van der Waals surface area contributed by atoms with Crippen LogP contribution in [0.3, 0.4) is 0 Å². The second kappa shape index (κ2) is 9.09. The van der Waals surface area contributed by atoms with Crippen LogP contribution in [0.25, 0.3) is 43.7 Å². The second-order valence-electron chi connectivity index (χ2n) is 7.74. The summed E-state index contributed by atoms with van der Waals surface area (Å²) in [5.74, 6) is 0. The van der Waals surface area contributed by atoms with Crippen molar-refractivity contribution < 1.29 is 21.1 Å². The first-order valence-corrected chi connectivity index (χ1v) is 10.6. The van der Waals surface area contributed by atoms with Gasteiger partial charge in [-0.25, -0.2) is 0 Å². The van der Waals surface area contributed by atoms with Crippen LogP contribution in [0.1, 0.15) is 5.56 Å². The van der Waals surface area contributed by atoms with E-state index in [1.165, 1.54) is 5.39 Å². The van der Waals surface area contributed by atoms with Crippen LogP contribution < -0.4 is 0 Å². The van der Waals surface area contributed by atoms with Gasteiger partial charge in [-0.05, 0) is 18.3 Å². The molecule has 0 N–H and O–H groups in total. The van der Waals surface area contributed by atoms with Gasteiger partial charge in [-0.15, -0.1) is 70.3 Å². The average Bonchev–Trinajstić information content (AvgIpc) is 2.86. The van der Waals surface area contributed by atoms with Crippen LogP contribution in [-0.4, -0.2) is 11.2 Å². The fourth-order valence-corrected chi connectivity index (χ4v) is 4.10. The monoisotopic (exact) mass is 601 g/mol. The van der Waals surface area contributed by atoms with Gasteiger partial charge in [0.15, 0.2) is 0 Å². The summed E-state index contributed by atoms with van der Waals surface area (Å²) >= 11 is 0. The molecule has 1 aromatic heterocycles. The predicted molar refractivity (Wildman–Crippen MR) is 134 cm³/mol. The van der Waals surface area contributed by atoms with E-state index in [4.69, 9.17) is 9.98 Å². The summed E-state index contributed by atoms with van der Waals surface area (Å²) in [5, 5.41) is 5.56. The maximum Gasteiger partial charge on any atom is 2.00 e. The van der Waals surface area contributed by atoms with Gasteiger partial charge in [0.2, 0.25) is 0 Å². The standard InChI is InChI=1S/C30H18N2.Pt/c1-2-9-25-19-21(15-16-22(25)7-1)20-31-29-14-6-11-24-17-18-28(32-30(24)29)27-13-5-10-23-8-3-4-12-26(23)27;/h1-11,13-18,20H;/q-2;+2. The molecule has 0 saturated carbocycles. The molecular weight excluding hydrogens is 583 g/mol. The molecule has 3 heteroatoms. The molecule has 0 saturated heterocycles. The Morgan fingerprint density at radius 2 is 1.48 bits per heavy atom. The third kappa shape index (κ3) is 4.11. The molecule has 0 radical (unpaired) electrons. The average molecular weight is 602 g/mol. The largest absolute Gasteiger partial charge is 2.00 e. The summed E-state index contributed by atoms with van der Waals surface area (Å²) < 4.78 is 0. The maximum atomic E-state index is 5.01. The molecule has 0 amide bonds. The Morgan fingerprint density at radius 1 is 0.697 bits per heavy atom. The van der Waals surface area contributed by atoms with Crippen LogP contribution in [0.4, 0.5) is 5.69 Å². The SMILES string of the molecule is [Pt+2].[c-]1c(C=Nc2cccc3ccc(-c4cccc5ccc[c-]c45)nc23)ccc2ccccc12. The number of hydrogen-bond donors (Lipinski definition) is 0. The summed E-state index contributed by atoms with van der Waals surface area (Å²) in [5.41, 5.74) is 4.67. The van der Waals surface area contributed by atoms with Crippen molar-refractivity contribution in [3.63, 3.8) is 0 Å². The molecular formula is C30H18N2Pt. The molecule has 6 rings (SSSR count). The Labute approximate surface area is 206 Å². The van der Waals surface area contributed by atoms with Gasteiger partial charge in [-0.2, -0.15) is 0 Å². The Bertz CT molecular complexity index is 1630. The van der Waals surface area contributed by atoms with Crippen molar-refractivity contribution in [2.75, 3.05) is 0 Å². The number of benzene rings is 5.